The molecule has 96 valence electrons. The molecule has 19 heavy (non-hydrogen) atoms. The number of hydrogen-bond donors (Lipinski definition) is 1. The first-order valence-corrected chi connectivity index (χ1v) is 6.28. The fourth-order valence-corrected chi connectivity index (χ4v) is 1.96. The number of aromatic nitrogens is 4. The van der Waals surface area contributed by atoms with E-state index in [0.717, 1.165) is 18.7 Å². The SMILES string of the molecule is C[C@H](N)c1nc(C2CC2)nn1-c1ncccc1C#N. The van der Waals surface area contributed by atoms with Gasteiger partial charge >= 0.3 is 0 Å². The summed E-state index contributed by atoms with van der Waals surface area (Å²) in [6.45, 7) is 1.85. The van der Waals surface area contributed by atoms with Gasteiger partial charge in [0.15, 0.2) is 17.5 Å². The van der Waals surface area contributed by atoms with Gasteiger partial charge in [0.25, 0.3) is 0 Å². The van der Waals surface area contributed by atoms with Gasteiger partial charge in [-0.15, -0.1) is 5.10 Å². The van der Waals surface area contributed by atoms with Gasteiger partial charge < -0.3 is 5.73 Å². The van der Waals surface area contributed by atoms with Gasteiger partial charge in [-0.1, -0.05) is 0 Å². The summed E-state index contributed by atoms with van der Waals surface area (Å²) in [6.07, 6.45) is 3.88. The Morgan fingerprint density at radius 2 is 2.32 bits per heavy atom. The Morgan fingerprint density at radius 1 is 1.53 bits per heavy atom. The van der Waals surface area contributed by atoms with E-state index in [-0.39, 0.29) is 6.04 Å². The molecule has 2 N–H and O–H groups in total. The molecular formula is C13H14N6. The van der Waals surface area contributed by atoms with Gasteiger partial charge in [0.1, 0.15) is 6.07 Å². The summed E-state index contributed by atoms with van der Waals surface area (Å²) in [7, 11) is 0. The van der Waals surface area contributed by atoms with Crippen LogP contribution < -0.4 is 5.73 Å². The Labute approximate surface area is 110 Å². The van der Waals surface area contributed by atoms with E-state index >= 15 is 0 Å². The number of rotatable bonds is 3. The molecule has 1 aliphatic carbocycles. The highest BCUT2D eigenvalue weighted by Crippen LogP contribution is 2.38. The van der Waals surface area contributed by atoms with Crippen LogP contribution in [0.25, 0.3) is 5.82 Å². The van der Waals surface area contributed by atoms with Crippen molar-refractivity contribution in [3.8, 4) is 11.9 Å². The molecule has 0 radical (unpaired) electrons. The fourth-order valence-electron chi connectivity index (χ4n) is 1.96. The minimum atomic E-state index is -0.256. The van der Waals surface area contributed by atoms with Crippen LogP contribution >= 0.6 is 0 Å². The Morgan fingerprint density at radius 3 is 2.95 bits per heavy atom. The van der Waals surface area contributed by atoms with Gasteiger partial charge in [0.05, 0.1) is 11.6 Å². The Kier molecular flexibility index (Phi) is 2.76. The van der Waals surface area contributed by atoms with Gasteiger partial charge in [0, 0.05) is 12.1 Å². The number of nitrogens with two attached hydrogens (primary N) is 1. The number of pyridine rings is 1. The standard InChI is InChI=1S/C13H14N6/c1-8(15)12-17-11(9-4-5-9)18-19(12)13-10(7-14)3-2-6-16-13/h2-3,6,8-9H,4-5,15H2,1H3/t8-/m0/s1. The lowest BCUT2D eigenvalue weighted by atomic mass is 10.2. The van der Waals surface area contributed by atoms with E-state index in [1.54, 1.807) is 23.0 Å². The zero-order valence-corrected chi connectivity index (χ0v) is 10.6. The third-order valence-electron chi connectivity index (χ3n) is 3.11. The molecule has 6 heteroatoms. The highest BCUT2D eigenvalue weighted by Gasteiger charge is 2.30. The third kappa shape index (κ3) is 2.09. The first-order chi connectivity index (χ1) is 9.20. The highest BCUT2D eigenvalue weighted by molar-refractivity contribution is 5.43. The quantitative estimate of drug-likeness (QED) is 0.894. The molecule has 2 aromatic rings. The molecule has 0 spiro atoms. The molecule has 1 saturated carbocycles. The molecule has 0 aromatic carbocycles. The van der Waals surface area contributed by atoms with Crippen molar-refractivity contribution in [1.82, 2.24) is 19.7 Å². The largest absolute Gasteiger partial charge is 0.322 e. The molecule has 0 bridgehead atoms. The summed E-state index contributed by atoms with van der Waals surface area (Å²) in [5.41, 5.74) is 6.41. The molecule has 2 heterocycles. The van der Waals surface area contributed by atoms with Crippen molar-refractivity contribution in [1.29, 1.82) is 5.26 Å². The summed E-state index contributed by atoms with van der Waals surface area (Å²) in [4.78, 5) is 8.74. The van der Waals surface area contributed by atoms with Gasteiger partial charge in [-0.25, -0.2) is 9.97 Å². The van der Waals surface area contributed by atoms with E-state index in [0.29, 0.717) is 23.1 Å². The fraction of sp³-hybridized carbons (Fsp3) is 0.385. The maximum Gasteiger partial charge on any atom is 0.173 e. The lowest BCUT2D eigenvalue weighted by molar-refractivity contribution is 0.679. The first-order valence-electron chi connectivity index (χ1n) is 6.28. The van der Waals surface area contributed by atoms with E-state index in [9.17, 15) is 0 Å². The van der Waals surface area contributed by atoms with Crippen LogP contribution in [-0.2, 0) is 0 Å². The van der Waals surface area contributed by atoms with E-state index < -0.39 is 0 Å². The van der Waals surface area contributed by atoms with Crippen molar-refractivity contribution < 1.29 is 0 Å². The molecule has 1 fully saturated rings. The van der Waals surface area contributed by atoms with Crippen LogP contribution in [0.15, 0.2) is 18.3 Å². The van der Waals surface area contributed by atoms with Crippen molar-refractivity contribution in [3.63, 3.8) is 0 Å². The molecule has 2 aromatic heterocycles. The second-order valence-corrected chi connectivity index (χ2v) is 4.79. The molecule has 0 unspecified atom stereocenters. The average molecular weight is 254 g/mol. The van der Waals surface area contributed by atoms with Crippen molar-refractivity contribution in [2.45, 2.75) is 31.7 Å². The van der Waals surface area contributed by atoms with E-state index in [1.165, 1.54) is 0 Å². The first kappa shape index (κ1) is 11.8. The zero-order valence-electron chi connectivity index (χ0n) is 10.6. The predicted molar refractivity (Wildman–Crippen MR) is 68.4 cm³/mol. The number of nitriles is 1. The van der Waals surface area contributed by atoms with Crippen molar-refractivity contribution in [2.24, 2.45) is 5.73 Å². The Balaban J connectivity index is 2.15. The smallest absolute Gasteiger partial charge is 0.173 e. The van der Waals surface area contributed by atoms with Crippen LogP contribution in [0.3, 0.4) is 0 Å². The molecule has 0 aliphatic heterocycles. The van der Waals surface area contributed by atoms with Crippen molar-refractivity contribution in [3.05, 3.63) is 35.5 Å². The molecule has 6 nitrogen and oxygen atoms in total. The maximum atomic E-state index is 9.15. The third-order valence-corrected chi connectivity index (χ3v) is 3.11. The van der Waals surface area contributed by atoms with Crippen LogP contribution in [0.1, 0.15) is 48.9 Å². The number of hydrogen-bond acceptors (Lipinski definition) is 5. The van der Waals surface area contributed by atoms with Crippen LogP contribution in [-0.4, -0.2) is 19.7 Å². The monoisotopic (exact) mass is 254 g/mol. The van der Waals surface area contributed by atoms with Gasteiger partial charge in [-0.05, 0) is 31.9 Å². The summed E-state index contributed by atoms with van der Waals surface area (Å²) in [5, 5.41) is 13.6. The lowest BCUT2D eigenvalue weighted by Crippen LogP contribution is -2.15. The second-order valence-electron chi connectivity index (χ2n) is 4.79. The highest BCUT2D eigenvalue weighted by atomic mass is 15.4. The zero-order chi connectivity index (χ0) is 13.4. The molecular weight excluding hydrogens is 240 g/mol. The van der Waals surface area contributed by atoms with Crippen LogP contribution in [0.5, 0.6) is 0 Å². The van der Waals surface area contributed by atoms with Crippen molar-refractivity contribution >= 4 is 0 Å². The summed E-state index contributed by atoms with van der Waals surface area (Å²) in [6, 6.07) is 5.31. The normalized spacial score (nSPS) is 16.1. The van der Waals surface area contributed by atoms with Gasteiger partial charge in [-0.2, -0.15) is 9.94 Å². The van der Waals surface area contributed by atoms with Crippen LogP contribution in [0.2, 0.25) is 0 Å². The minimum absolute atomic E-state index is 0.256. The average Bonchev–Trinajstić information content (AvgIpc) is 3.17. The van der Waals surface area contributed by atoms with Crippen LogP contribution in [0, 0.1) is 11.3 Å². The van der Waals surface area contributed by atoms with Gasteiger partial charge in [0.2, 0.25) is 0 Å². The number of nitrogens with zero attached hydrogens (tertiary/aromatic N) is 5. The Hall–Kier alpha value is -2.26. The molecule has 0 amide bonds. The summed E-state index contributed by atoms with van der Waals surface area (Å²) < 4.78 is 1.61. The maximum absolute atomic E-state index is 9.15. The van der Waals surface area contributed by atoms with Crippen molar-refractivity contribution in [2.75, 3.05) is 0 Å². The molecule has 3 rings (SSSR count). The van der Waals surface area contributed by atoms with E-state index in [1.807, 2.05) is 6.92 Å². The molecule has 1 aliphatic rings. The van der Waals surface area contributed by atoms with Crippen LogP contribution in [0.4, 0.5) is 0 Å². The topological polar surface area (TPSA) is 93.4 Å². The van der Waals surface area contributed by atoms with Gasteiger partial charge in [-0.3, -0.25) is 0 Å². The summed E-state index contributed by atoms with van der Waals surface area (Å²) in [5.74, 6) is 2.39. The Bertz CT molecular complexity index is 647. The lowest BCUT2D eigenvalue weighted by Gasteiger charge is -2.08. The van der Waals surface area contributed by atoms with E-state index in [2.05, 4.69) is 21.1 Å². The van der Waals surface area contributed by atoms with E-state index in [4.69, 9.17) is 11.0 Å². The minimum Gasteiger partial charge on any atom is -0.322 e. The molecule has 0 saturated heterocycles. The summed E-state index contributed by atoms with van der Waals surface area (Å²) >= 11 is 0. The second kappa shape index (κ2) is 4.44. The molecule has 1 atom stereocenters. The predicted octanol–water partition coefficient (Wildman–Crippen LogP) is 1.43.